The largest absolute Gasteiger partial charge is 0.467 e. The van der Waals surface area contributed by atoms with Crippen LogP contribution >= 0.6 is 11.8 Å². The third-order valence-electron chi connectivity index (χ3n) is 4.77. The van der Waals surface area contributed by atoms with E-state index >= 15 is 0 Å². The molecule has 1 aromatic carbocycles. The predicted molar refractivity (Wildman–Crippen MR) is 105 cm³/mol. The minimum Gasteiger partial charge on any atom is -0.467 e. The summed E-state index contributed by atoms with van der Waals surface area (Å²) in [4.78, 5) is 29.9. The molecular formula is C20H21N3O3S. The molecule has 1 saturated carbocycles. The van der Waals surface area contributed by atoms with Gasteiger partial charge in [0.15, 0.2) is 5.16 Å². The zero-order valence-corrected chi connectivity index (χ0v) is 15.7. The van der Waals surface area contributed by atoms with Crippen molar-refractivity contribution >= 4 is 28.6 Å². The van der Waals surface area contributed by atoms with Crippen molar-refractivity contribution in [1.29, 1.82) is 0 Å². The van der Waals surface area contributed by atoms with E-state index in [1.165, 1.54) is 24.6 Å². The van der Waals surface area contributed by atoms with Crippen LogP contribution in [0.1, 0.15) is 31.4 Å². The lowest BCUT2D eigenvalue weighted by atomic mass is 10.2. The number of nitrogens with one attached hydrogen (secondary N) is 1. The third-order valence-corrected chi connectivity index (χ3v) is 5.75. The Bertz CT molecular complexity index is 991. The number of hydrogen-bond acceptors (Lipinski definition) is 5. The normalized spacial score (nSPS) is 14.7. The van der Waals surface area contributed by atoms with Crippen molar-refractivity contribution in [2.75, 3.05) is 5.75 Å². The molecule has 3 aromatic rings. The fraction of sp³-hybridized carbons (Fsp3) is 0.350. The Morgan fingerprint density at radius 3 is 2.81 bits per heavy atom. The van der Waals surface area contributed by atoms with E-state index in [1.54, 1.807) is 23.0 Å². The molecule has 2 heterocycles. The lowest BCUT2D eigenvalue weighted by molar-refractivity contribution is -0.119. The zero-order valence-electron chi connectivity index (χ0n) is 14.9. The van der Waals surface area contributed by atoms with Gasteiger partial charge in [-0.25, -0.2) is 4.98 Å². The molecule has 0 bridgehead atoms. The molecule has 1 amide bonds. The van der Waals surface area contributed by atoms with E-state index in [1.807, 2.05) is 24.3 Å². The second kappa shape index (κ2) is 8.00. The number of aromatic nitrogens is 2. The van der Waals surface area contributed by atoms with Crippen LogP contribution in [-0.2, 0) is 11.3 Å². The summed E-state index contributed by atoms with van der Waals surface area (Å²) in [5.41, 5.74) is 0.507. The van der Waals surface area contributed by atoms with E-state index in [0.29, 0.717) is 21.8 Å². The fourth-order valence-corrected chi connectivity index (χ4v) is 4.23. The summed E-state index contributed by atoms with van der Waals surface area (Å²) >= 11 is 1.29. The Labute approximate surface area is 161 Å². The summed E-state index contributed by atoms with van der Waals surface area (Å²) in [6.45, 7) is 0.288. The van der Waals surface area contributed by atoms with Crippen LogP contribution in [0.5, 0.6) is 0 Å². The molecule has 2 aromatic heterocycles. The monoisotopic (exact) mass is 383 g/mol. The van der Waals surface area contributed by atoms with Gasteiger partial charge in [0, 0.05) is 6.04 Å². The van der Waals surface area contributed by atoms with Crippen molar-refractivity contribution in [3.8, 4) is 0 Å². The van der Waals surface area contributed by atoms with Crippen molar-refractivity contribution in [3.63, 3.8) is 0 Å². The molecular weight excluding hydrogens is 362 g/mol. The lowest BCUT2D eigenvalue weighted by Crippen LogP contribution is -2.34. The van der Waals surface area contributed by atoms with Crippen molar-refractivity contribution < 1.29 is 9.21 Å². The van der Waals surface area contributed by atoms with Gasteiger partial charge in [0.25, 0.3) is 5.56 Å². The fourth-order valence-electron chi connectivity index (χ4n) is 3.43. The average molecular weight is 383 g/mol. The van der Waals surface area contributed by atoms with E-state index in [9.17, 15) is 9.59 Å². The van der Waals surface area contributed by atoms with Gasteiger partial charge in [-0.3, -0.25) is 14.2 Å². The molecule has 0 saturated heterocycles. The SMILES string of the molecule is O=C(CSc1nc2ccccc2c(=O)n1Cc1ccco1)NC1CCCC1. The summed E-state index contributed by atoms with van der Waals surface area (Å²) in [7, 11) is 0. The molecule has 1 N–H and O–H groups in total. The Hall–Kier alpha value is -2.54. The first-order chi connectivity index (χ1) is 13.2. The van der Waals surface area contributed by atoms with E-state index in [-0.39, 0.29) is 29.8 Å². The number of furan rings is 1. The van der Waals surface area contributed by atoms with E-state index < -0.39 is 0 Å². The second-order valence-corrected chi connectivity index (χ2v) is 7.66. The van der Waals surface area contributed by atoms with Crippen LogP contribution in [0.15, 0.2) is 57.0 Å². The number of carbonyl (C=O) groups excluding carboxylic acids is 1. The number of carbonyl (C=O) groups is 1. The number of thioether (sulfide) groups is 1. The van der Waals surface area contributed by atoms with Crippen LogP contribution in [0.25, 0.3) is 10.9 Å². The first-order valence-corrected chi connectivity index (χ1v) is 10.1. The molecule has 0 aliphatic heterocycles. The predicted octanol–water partition coefficient (Wildman–Crippen LogP) is 3.19. The standard InChI is InChI=1S/C20H21N3O3S/c24-18(21-14-6-1-2-7-14)13-27-20-22-17-10-4-3-9-16(17)19(25)23(20)12-15-8-5-11-26-15/h3-5,8-11,14H,1-2,6-7,12-13H2,(H,21,24). The topological polar surface area (TPSA) is 77.1 Å². The van der Waals surface area contributed by atoms with Crippen molar-refractivity contribution in [3.05, 3.63) is 58.8 Å². The Morgan fingerprint density at radius 2 is 2.04 bits per heavy atom. The second-order valence-electron chi connectivity index (χ2n) is 6.72. The highest BCUT2D eigenvalue weighted by Crippen LogP contribution is 2.21. The number of fused-ring (bicyclic) bond motifs is 1. The maximum Gasteiger partial charge on any atom is 0.262 e. The van der Waals surface area contributed by atoms with Crippen LogP contribution in [0.2, 0.25) is 0 Å². The molecule has 0 spiro atoms. The third kappa shape index (κ3) is 4.08. The molecule has 7 heteroatoms. The van der Waals surface area contributed by atoms with E-state index in [0.717, 1.165) is 12.8 Å². The summed E-state index contributed by atoms with van der Waals surface area (Å²) in [6, 6.07) is 11.2. The summed E-state index contributed by atoms with van der Waals surface area (Å²) in [6.07, 6.45) is 6.03. The van der Waals surface area contributed by atoms with E-state index in [4.69, 9.17) is 4.42 Å². The first-order valence-electron chi connectivity index (χ1n) is 9.15. The van der Waals surface area contributed by atoms with Crippen molar-refractivity contribution in [2.45, 2.75) is 43.4 Å². The lowest BCUT2D eigenvalue weighted by Gasteiger charge is -2.14. The van der Waals surface area contributed by atoms with Gasteiger partial charge in [-0.05, 0) is 37.1 Å². The molecule has 0 radical (unpaired) electrons. The van der Waals surface area contributed by atoms with Gasteiger partial charge in [0.1, 0.15) is 5.76 Å². The maximum absolute atomic E-state index is 13.0. The maximum atomic E-state index is 13.0. The number of amides is 1. The smallest absolute Gasteiger partial charge is 0.262 e. The molecule has 1 fully saturated rings. The minimum absolute atomic E-state index is 0.0149. The zero-order chi connectivity index (χ0) is 18.6. The van der Waals surface area contributed by atoms with Crippen LogP contribution in [0.4, 0.5) is 0 Å². The highest BCUT2D eigenvalue weighted by Gasteiger charge is 2.18. The molecule has 0 unspecified atom stereocenters. The number of benzene rings is 1. The minimum atomic E-state index is -0.129. The van der Waals surface area contributed by atoms with Gasteiger partial charge >= 0.3 is 0 Å². The molecule has 1 aliphatic rings. The highest BCUT2D eigenvalue weighted by atomic mass is 32.2. The van der Waals surface area contributed by atoms with Gasteiger partial charge in [0.05, 0.1) is 29.5 Å². The molecule has 1 aliphatic carbocycles. The quantitative estimate of drug-likeness (QED) is 0.522. The molecule has 4 rings (SSSR count). The summed E-state index contributed by atoms with van der Waals surface area (Å²) in [5.74, 6) is 0.893. The highest BCUT2D eigenvalue weighted by molar-refractivity contribution is 7.99. The van der Waals surface area contributed by atoms with Gasteiger partial charge in [-0.1, -0.05) is 36.7 Å². The number of hydrogen-bond donors (Lipinski definition) is 1. The average Bonchev–Trinajstić information content (AvgIpc) is 3.37. The number of rotatable bonds is 6. The van der Waals surface area contributed by atoms with Crippen LogP contribution in [0.3, 0.4) is 0 Å². The molecule has 140 valence electrons. The van der Waals surface area contributed by atoms with Crippen LogP contribution in [-0.4, -0.2) is 27.3 Å². The first kappa shape index (κ1) is 17.9. The van der Waals surface area contributed by atoms with Crippen LogP contribution < -0.4 is 10.9 Å². The van der Waals surface area contributed by atoms with Gasteiger partial charge in [0.2, 0.25) is 5.91 Å². The Kier molecular flexibility index (Phi) is 5.29. The molecule has 6 nitrogen and oxygen atoms in total. The molecule has 27 heavy (non-hydrogen) atoms. The summed E-state index contributed by atoms with van der Waals surface area (Å²) < 4.78 is 6.98. The number of para-hydroxylation sites is 1. The van der Waals surface area contributed by atoms with Crippen LogP contribution in [0, 0.1) is 0 Å². The summed E-state index contributed by atoms with van der Waals surface area (Å²) in [5, 5.41) is 4.16. The Morgan fingerprint density at radius 1 is 1.22 bits per heavy atom. The molecule has 0 atom stereocenters. The number of nitrogens with zero attached hydrogens (tertiary/aromatic N) is 2. The van der Waals surface area contributed by atoms with Gasteiger partial charge in [-0.2, -0.15) is 0 Å². The van der Waals surface area contributed by atoms with Gasteiger partial charge < -0.3 is 9.73 Å². The van der Waals surface area contributed by atoms with E-state index in [2.05, 4.69) is 10.3 Å². The Balaban J connectivity index is 1.59. The van der Waals surface area contributed by atoms with Gasteiger partial charge in [-0.15, -0.1) is 0 Å². The van der Waals surface area contributed by atoms with Crippen molar-refractivity contribution in [2.24, 2.45) is 0 Å². The van der Waals surface area contributed by atoms with Crippen molar-refractivity contribution in [1.82, 2.24) is 14.9 Å².